The van der Waals surface area contributed by atoms with Gasteiger partial charge in [-0.15, -0.1) is 11.3 Å². The highest BCUT2D eigenvalue weighted by Gasteiger charge is 2.11. The molecule has 118 valence electrons. The summed E-state index contributed by atoms with van der Waals surface area (Å²) >= 11 is 1.67. The second kappa shape index (κ2) is 7.40. The minimum Gasteiger partial charge on any atom is -0.488 e. The number of benzene rings is 1. The van der Waals surface area contributed by atoms with Crippen LogP contribution in [-0.2, 0) is 6.61 Å². The summed E-state index contributed by atoms with van der Waals surface area (Å²) in [6, 6.07) is 7.31. The van der Waals surface area contributed by atoms with Crippen LogP contribution in [0.2, 0.25) is 0 Å². The molecule has 1 aromatic heterocycles. The van der Waals surface area contributed by atoms with Crippen molar-refractivity contribution < 1.29 is 9.53 Å². The molecule has 0 bridgehead atoms. The lowest BCUT2D eigenvalue weighted by Gasteiger charge is -2.15. The summed E-state index contributed by atoms with van der Waals surface area (Å²) in [6.45, 7) is 7.37. The zero-order chi connectivity index (χ0) is 16.1. The summed E-state index contributed by atoms with van der Waals surface area (Å²) < 4.78 is 5.79. The van der Waals surface area contributed by atoms with Gasteiger partial charge in [0.25, 0.3) is 5.91 Å². The van der Waals surface area contributed by atoms with E-state index in [1.54, 1.807) is 29.4 Å². The molecule has 0 radical (unpaired) electrons. The third-order valence-corrected chi connectivity index (χ3v) is 4.62. The quantitative estimate of drug-likeness (QED) is 0.810. The van der Waals surface area contributed by atoms with E-state index < -0.39 is 0 Å². The maximum atomic E-state index is 12.1. The number of rotatable bonds is 6. The van der Waals surface area contributed by atoms with Gasteiger partial charge in [0.1, 0.15) is 12.4 Å². The van der Waals surface area contributed by atoms with Gasteiger partial charge in [-0.1, -0.05) is 19.9 Å². The number of thiazole rings is 1. The minimum atomic E-state index is 0.00725. The summed E-state index contributed by atoms with van der Waals surface area (Å²) in [5.74, 6) is 1.15. The Labute approximate surface area is 135 Å². The smallest absolute Gasteiger partial charge is 0.253 e. The second-order valence-electron chi connectivity index (χ2n) is 5.46. The van der Waals surface area contributed by atoms with Crippen molar-refractivity contribution in [3.8, 4) is 5.75 Å². The first-order valence-corrected chi connectivity index (χ1v) is 8.25. The van der Waals surface area contributed by atoms with E-state index in [0.29, 0.717) is 30.4 Å². The monoisotopic (exact) mass is 318 g/mol. The number of carbonyl (C=O) groups is 1. The van der Waals surface area contributed by atoms with E-state index in [1.165, 1.54) is 0 Å². The van der Waals surface area contributed by atoms with E-state index >= 15 is 0 Å². The molecule has 0 atom stereocenters. The summed E-state index contributed by atoms with van der Waals surface area (Å²) in [5, 5.41) is 1.12. The lowest BCUT2D eigenvalue weighted by atomic mass is 10.2. The molecule has 5 heteroatoms. The van der Waals surface area contributed by atoms with Crippen molar-refractivity contribution in [2.45, 2.75) is 33.3 Å². The van der Waals surface area contributed by atoms with Gasteiger partial charge in [-0.3, -0.25) is 4.79 Å². The maximum absolute atomic E-state index is 12.1. The highest BCUT2D eigenvalue weighted by atomic mass is 32.1. The van der Waals surface area contributed by atoms with Crippen LogP contribution in [-0.4, -0.2) is 29.4 Å². The van der Waals surface area contributed by atoms with Gasteiger partial charge in [-0.2, -0.15) is 0 Å². The molecule has 0 N–H and O–H groups in total. The summed E-state index contributed by atoms with van der Waals surface area (Å²) in [6.07, 6.45) is 1.86. The van der Waals surface area contributed by atoms with Crippen LogP contribution in [0.1, 0.15) is 46.9 Å². The van der Waals surface area contributed by atoms with Gasteiger partial charge in [-0.05, 0) is 25.1 Å². The normalized spacial score (nSPS) is 10.8. The number of amides is 1. The van der Waals surface area contributed by atoms with Crippen molar-refractivity contribution in [3.63, 3.8) is 0 Å². The Morgan fingerprint density at radius 2 is 2.18 bits per heavy atom. The summed E-state index contributed by atoms with van der Waals surface area (Å²) in [7, 11) is 1.79. The van der Waals surface area contributed by atoms with Gasteiger partial charge in [0, 0.05) is 31.3 Å². The minimum absolute atomic E-state index is 0.00725. The fraction of sp³-hybridized carbons (Fsp3) is 0.412. The number of hydrogen-bond acceptors (Lipinski definition) is 4. The van der Waals surface area contributed by atoms with Crippen LogP contribution in [0.4, 0.5) is 0 Å². The van der Waals surface area contributed by atoms with Crippen LogP contribution in [0.25, 0.3) is 0 Å². The lowest BCUT2D eigenvalue weighted by Crippen LogP contribution is -2.26. The molecule has 0 saturated heterocycles. The summed E-state index contributed by atoms with van der Waals surface area (Å²) in [5.41, 5.74) is 0.647. The molecule has 2 aromatic rings. The molecule has 22 heavy (non-hydrogen) atoms. The van der Waals surface area contributed by atoms with Crippen molar-refractivity contribution >= 4 is 17.2 Å². The van der Waals surface area contributed by atoms with Crippen molar-refractivity contribution in [3.05, 3.63) is 45.9 Å². The van der Waals surface area contributed by atoms with Crippen molar-refractivity contribution in [2.75, 3.05) is 13.6 Å². The molecular formula is C17H22N2O2S. The average Bonchev–Trinajstić information content (AvgIpc) is 3.01. The predicted molar refractivity (Wildman–Crippen MR) is 89.6 cm³/mol. The summed E-state index contributed by atoms with van der Waals surface area (Å²) in [4.78, 5) is 19.3. The van der Waals surface area contributed by atoms with Gasteiger partial charge in [-0.25, -0.2) is 4.98 Å². The van der Waals surface area contributed by atoms with E-state index in [4.69, 9.17) is 4.74 Å². The van der Waals surface area contributed by atoms with Crippen LogP contribution in [0.15, 0.2) is 30.5 Å². The first-order chi connectivity index (χ1) is 10.5. The van der Waals surface area contributed by atoms with E-state index in [2.05, 4.69) is 18.8 Å². The third-order valence-electron chi connectivity index (χ3n) is 3.35. The zero-order valence-electron chi connectivity index (χ0n) is 13.5. The fourth-order valence-corrected chi connectivity index (χ4v) is 2.73. The Bertz CT molecular complexity index is 637. The van der Waals surface area contributed by atoms with Gasteiger partial charge in [0.2, 0.25) is 0 Å². The second-order valence-corrected chi connectivity index (χ2v) is 6.60. The number of ether oxygens (including phenoxy) is 1. The van der Waals surface area contributed by atoms with Crippen LogP contribution in [0.3, 0.4) is 0 Å². The highest BCUT2D eigenvalue weighted by molar-refractivity contribution is 7.11. The molecule has 0 aliphatic carbocycles. The first kappa shape index (κ1) is 16.5. The average molecular weight is 318 g/mol. The molecule has 4 nitrogen and oxygen atoms in total. The molecule has 1 aromatic carbocycles. The largest absolute Gasteiger partial charge is 0.488 e. The zero-order valence-corrected chi connectivity index (χ0v) is 14.3. The van der Waals surface area contributed by atoms with Crippen LogP contribution in [0.5, 0.6) is 5.75 Å². The predicted octanol–water partition coefficient (Wildman–Crippen LogP) is 3.94. The molecule has 0 spiro atoms. The lowest BCUT2D eigenvalue weighted by molar-refractivity contribution is 0.0802. The van der Waals surface area contributed by atoms with Crippen molar-refractivity contribution in [2.24, 2.45) is 0 Å². The number of nitrogens with zero attached hydrogens (tertiary/aromatic N) is 2. The van der Waals surface area contributed by atoms with Gasteiger partial charge >= 0.3 is 0 Å². The number of carbonyl (C=O) groups excluding carboxylic acids is 1. The van der Waals surface area contributed by atoms with E-state index in [1.807, 2.05) is 31.3 Å². The Morgan fingerprint density at radius 3 is 2.82 bits per heavy atom. The Hall–Kier alpha value is -1.88. The maximum Gasteiger partial charge on any atom is 0.253 e. The van der Waals surface area contributed by atoms with E-state index in [0.717, 1.165) is 9.88 Å². The molecule has 1 heterocycles. The first-order valence-electron chi connectivity index (χ1n) is 7.44. The molecule has 0 aliphatic heterocycles. The van der Waals surface area contributed by atoms with Crippen LogP contribution >= 0.6 is 11.3 Å². The van der Waals surface area contributed by atoms with Gasteiger partial charge in [0.05, 0.1) is 9.88 Å². The SMILES string of the molecule is CCN(C)C(=O)c1cccc(OCc2cnc(C(C)C)s2)c1. The topological polar surface area (TPSA) is 42.4 Å². The highest BCUT2D eigenvalue weighted by Crippen LogP contribution is 2.23. The molecule has 0 saturated carbocycles. The number of aromatic nitrogens is 1. The van der Waals surface area contributed by atoms with Crippen molar-refractivity contribution in [1.82, 2.24) is 9.88 Å². The van der Waals surface area contributed by atoms with Crippen molar-refractivity contribution in [1.29, 1.82) is 0 Å². The molecule has 2 rings (SSSR count). The molecule has 0 unspecified atom stereocenters. The molecule has 0 fully saturated rings. The third kappa shape index (κ3) is 4.07. The Balaban J connectivity index is 2.02. The van der Waals surface area contributed by atoms with Gasteiger partial charge < -0.3 is 9.64 Å². The fourth-order valence-electron chi connectivity index (χ4n) is 1.89. The van der Waals surface area contributed by atoms with E-state index in [9.17, 15) is 4.79 Å². The molecule has 0 aliphatic rings. The number of hydrogen-bond donors (Lipinski definition) is 0. The van der Waals surface area contributed by atoms with Crippen LogP contribution < -0.4 is 4.74 Å². The molecular weight excluding hydrogens is 296 g/mol. The van der Waals surface area contributed by atoms with Crippen LogP contribution in [0, 0.1) is 0 Å². The molecule has 1 amide bonds. The Kier molecular flexibility index (Phi) is 5.55. The standard InChI is InChI=1S/C17H22N2O2S/c1-5-19(4)17(20)13-7-6-8-14(9-13)21-11-15-10-18-16(22-15)12(2)3/h6-10,12H,5,11H2,1-4H3. The Morgan fingerprint density at radius 1 is 1.41 bits per heavy atom. The van der Waals surface area contributed by atoms with Gasteiger partial charge in [0.15, 0.2) is 0 Å². The van der Waals surface area contributed by atoms with E-state index in [-0.39, 0.29) is 5.91 Å².